The molecule has 0 amide bonds. The molecule has 0 aromatic carbocycles. The number of pyridine rings is 1. The van der Waals surface area contributed by atoms with Crippen molar-refractivity contribution in [3.8, 4) is 0 Å². The first-order chi connectivity index (χ1) is 6.81. The molecule has 0 fully saturated rings. The van der Waals surface area contributed by atoms with E-state index in [4.69, 9.17) is 5.73 Å². The standard InChI is InChI=1S/C10H13N3O/c11-3-1-10(14)8-2-4-13-7-12-6-9(13)5-8/h2,4-7,10,14H,1,3,11H2. The van der Waals surface area contributed by atoms with Crippen molar-refractivity contribution in [1.82, 2.24) is 9.38 Å². The number of nitrogens with two attached hydrogens (primary N) is 1. The van der Waals surface area contributed by atoms with Gasteiger partial charge in [0.15, 0.2) is 0 Å². The summed E-state index contributed by atoms with van der Waals surface area (Å²) in [5.41, 5.74) is 7.26. The molecule has 4 nitrogen and oxygen atoms in total. The Kier molecular flexibility index (Phi) is 2.47. The lowest BCUT2D eigenvalue weighted by atomic mass is 10.1. The van der Waals surface area contributed by atoms with E-state index in [-0.39, 0.29) is 0 Å². The van der Waals surface area contributed by atoms with Gasteiger partial charge in [-0.1, -0.05) is 0 Å². The van der Waals surface area contributed by atoms with Crippen LogP contribution < -0.4 is 5.73 Å². The Bertz CT molecular complexity index is 424. The van der Waals surface area contributed by atoms with Crippen molar-refractivity contribution in [1.29, 1.82) is 0 Å². The Labute approximate surface area is 82.0 Å². The molecule has 1 unspecified atom stereocenters. The Hall–Kier alpha value is -1.39. The molecule has 0 bridgehead atoms. The molecule has 0 aliphatic rings. The summed E-state index contributed by atoms with van der Waals surface area (Å²) in [6.45, 7) is 0.492. The second kappa shape index (κ2) is 3.77. The summed E-state index contributed by atoms with van der Waals surface area (Å²) in [5.74, 6) is 0. The summed E-state index contributed by atoms with van der Waals surface area (Å²) in [5, 5.41) is 9.71. The summed E-state index contributed by atoms with van der Waals surface area (Å²) in [4.78, 5) is 4.00. The second-order valence-electron chi connectivity index (χ2n) is 3.28. The number of aromatic nitrogens is 2. The van der Waals surface area contributed by atoms with E-state index >= 15 is 0 Å². The molecule has 0 aliphatic carbocycles. The highest BCUT2D eigenvalue weighted by molar-refractivity contribution is 5.47. The minimum absolute atomic E-state index is 0.472. The molecular weight excluding hydrogens is 178 g/mol. The zero-order valence-electron chi connectivity index (χ0n) is 7.80. The predicted octanol–water partition coefficient (Wildman–Crippen LogP) is 0.717. The van der Waals surface area contributed by atoms with Crippen molar-refractivity contribution in [2.45, 2.75) is 12.5 Å². The molecule has 2 aromatic heterocycles. The fourth-order valence-corrected chi connectivity index (χ4v) is 1.47. The number of rotatable bonds is 3. The highest BCUT2D eigenvalue weighted by Crippen LogP contribution is 2.17. The number of hydrogen-bond acceptors (Lipinski definition) is 3. The fraction of sp³-hybridized carbons (Fsp3) is 0.300. The van der Waals surface area contributed by atoms with Crippen LogP contribution >= 0.6 is 0 Å². The predicted molar refractivity (Wildman–Crippen MR) is 53.8 cm³/mol. The number of hydrogen-bond donors (Lipinski definition) is 2. The first-order valence-corrected chi connectivity index (χ1v) is 4.61. The minimum atomic E-state index is -0.472. The maximum Gasteiger partial charge on any atom is 0.0991 e. The second-order valence-corrected chi connectivity index (χ2v) is 3.28. The topological polar surface area (TPSA) is 63.5 Å². The summed E-state index contributed by atoms with van der Waals surface area (Å²) in [6.07, 6.45) is 5.49. The van der Waals surface area contributed by atoms with E-state index in [0.717, 1.165) is 11.1 Å². The molecule has 2 rings (SSSR count). The van der Waals surface area contributed by atoms with Gasteiger partial charge in [-0.3, -0.25) is 0 Å². The summed E-state index contributed by atoms with van der Waals surface area (Å²) < 4.78 is 1.90. The lowest BCUT2D eigenvalue weighted by Crippen LogP contribution is -2.06. The van der Waals surface area contributed by atoms with Gasteiger partial charge in [0.1, 0.15) is 0 Å². The Morgan fingerprint density at radius 1 is 1.57 bits per heavy atom. The van der Waals surface area contributed by atoms with Gasteiger partial charge in [0.25, 0.3) is 0 Å². The van der Waals surface area contributed by atoms with Crippen LogP contribution in [0.3, 0.4) is 0 Å². The van der Waals surface area contributed by atoms with Gasteiger partial charge in [0, 0.05) is 6.20 Å². The summed E-state index contributed by atoms with van der Waals surface area (Å²) in [6, 6.07) is 3.81. The van der Waals surface area contributed by atoms with Crippen LogP contribution in [0.2, 0.25) is 0 Å². The van der Waals surface area contributed by atoms with Crippen molar-refractivity contribution >= 4 is 5.52 Å². The molecule has 4 heteroatoms. The number of aliphatic hydroxyl groups is 1. The van der Waals surface area contributed by atoms with E-state index in [1.165, 1.54) is 0 Å². The van der Waals surface area contributed by atoms with E-state index in [1.54, 1.807) is 12.5 Å². The van der Waals surface area contributed by atoms with Crippen LogP contribution in [0.25, 0.3) is 5.52 Å². The molecule has 0 radical (unpaired) electrons. The van der Waals surface area contributed by atoms with Crippen molar-refractivity contribution < 1.29 is 5.11 Å². The number of fused-ring (bicyclic) bond motifs is 1. The largest absolute Gasteiger partial charge is 0.388 e. The third-order valence-electron chi connectivity index (χ3n) is 2.26. The highest BCUT2D eigenvalue weighted by Gasteiger charge is 2.06. The zero-order valence-corrected chi connectivity index (χ0v) is 7.80. The maximum absolute atomic E-state index is 9.71. The first-order valence-electron chi connectivity index (χ1n) is 4.61. The number of imidazole rings is 1. The average molecular weight is 191 g/mol. The van der Waals surface area contributed by atoms with Gasteiger partial charge in [-0.25, -0.2) is 4.98 Å². The normalized spacial score (nSPS) is 13.3. The highest BCUT2D eigenvalue weighted by atomic mass is 16.3. The van der Waals surface area contributed by atoms with Crippen LogP contribution in [-0.4, -0.2) is 21.0 Å². The van der Waals surface area contributed by atoms with Gasteiger partial charge in [-0.2, -0.15) is 0 Å². The third-order valence-corrected chi connectivity index (χ3v) is 2.26. The number of nitrogens with zero attached hydrogens (tertiary/aromatic N) is 2. The van der Waals surface area contributed by atoms with E-state index < -0.39 is 6.10 Å². The SMILES string of the molecule is NCCC(O)c1ccn2cncc2c1. The Morgan fingerprint density at radius 3 is 3.21 bits per heavy atom. The van der Waals surface area contributed by atoms with Gasteiger partial charge in [0.2, 0.25) is 0 Å². The average Bonchev–Trinajstić information content (AvgIpc) is 2.64. The third kappa shape index (κ3) is 1.62. The van der Waals surface area contributed by atoms with Gasteiger partial charge in [0.05, 0.1) is 24.1 Å². The van der Waals surface area contributed by atoms with Gasteiger partial charge in [-0.05, 0) is 30.7 Å². The molecule has 0 spiro atoms. The van der Waals surface area contributed by atoms with E-state index in [9.17, 15) is 5.11 Å². The van der Waals surface area contributed by atoms with E-state index in [2.05, 4.69) is 4.98 Å². The molecule has 14 heavy (non-hydrogen) atoms. The van der Waals surface area contributed by atoms with Gasteiger partial charge in [-0.15, -0.1) is 0 Å². The van der Waals surface area contributed by atoms with Crippen LogP contribution in [0.1, 0.15) is 18.1 Å². The molecule has 3 N–H and O–H groups in total. The quantitative estimate of drug-likeness (QED) is 0.751. The molecular formula is C10H13N3O. The van der Waals surface area contributed by atoms with Crippen LogP contribution in [0.4, 0.5) is 0 Å². The molecule has 74 valence electrons. The Balaban J connectivity index is 2.33. The van der Waals surface area contributed by atoms with Crippen LogP contribution in [0.5, 0.6) is 0 Å². The minimum Gasteiger partial charge on any atom is -0.388 e. The molecule has 2 heterocycles. The molecule has 0 saturated carbocycles. The van der Waals surface area contributed by atoms with Crippen molar-refractivity contribution in [3.63, 3.8) is 0 Å². The lowest BCUT2D eigenvalue weighted by molar-refractivity contribution is 0.170. The van der Waals surface area contributed by atoms with Crippen molar-refractivity contribution in [2.75, 3.05) is 6.54 Å². The van der Waals surface area contributed by atoms with Gasteiger partial charge >= 0.3 is 0 Å². The molecule has 0 saturated heterocycles. The van der Waals surface area contributed by atoms with E-state index in [0.29, 0.717) is 13.0 Å². The van der Waals surface area contributed by atoms with Crippen LogP contribution in [0, 0.1) is 0 Å². The summed E-state index contributed by atoms with van der Waals surface area (Å²) in [7, 11) is 0. The Morgan fingerprint density at radius 2 is 2.43 bits per heavy atom. The van der Waals surface area contributed by atoms with Crippen LogP contribution in [-0.2, 0) is 0 Å². The zero-order chi connectivity index (χ0) is 9.97. The molecule has 0 aliphatic heterocycles. The monoisotopic (exact) mass is 191 g/mol. The van der Waals surface area contributed by atoms with Crippen LogP contribution in [0.15, 0.2) is 30.9 Å². The van der Waals surface area contributed by atoms with Crippen molar-refractivity contribution in [2.24, 2.45) is 5.73 Å². The van der Waals surface area contributed by atoms with Gasteiger partial charge < -0.3 is 15.2 Å². The van der Waals surface area contributed by atoms with E-state index in [1.807, 2.05) is 22.7 Å². The molecule has 2 aromatic rings. The smallest absolute Gasteiger partial charge is 0.0991 e. The summed E-state index contributed by atoms with van der Waals surface area (Å²) >= 11 is 0. The molecule has 1 atom stereocenters. The maximum atomic E-state index is 9.71. The first kappa shape index (κ1) is 9.18. The number of aliphatic hydroxyl groups excluding tert-OH is 1. The lowest BCUT2D eigenvalue weighted by Gasteiger charge is -2.09. The fourth-order valence-electron chi connectivity index (χ4n) is 1.47. The van der Waals surface area contributed by atoms with Crippen molar-refractivity contribution in [3.05, 3.63) is 36.4 Å².